The smallest absolute Gasteiger partial charge is 0.185 e. The highest BCUT2D eigenvalue weighted by Gasteiger charge is 2.02. The summed E-state index contributed by atoms with van der Waals surface area (Å²) < 4.78 is 0. The number of hydrogen-bond acceptors (Lipinski definition) is 2. The van der Waals surface area contributed by atoms with Gasteiger partial charge in [0, 0.05) is 5.56 Å². The van der Waals surface area contributed by atoms with Crippen molar-refractivity contribution in [1.29, 1.82) is 5.26 Å². The molecule has 92 valence electrons. The minimum Gasteiger partial charge on any atom is -0.289 e. The van der Waals surface area contributed by atoms with Gasteiger partial charge in [0.25, 0.3) is 0 Å². The van der Waals surface area contributed by atoms with Crippen molar-refractivity contribution in [2.24, 2.45) is 0 Å². The summed E-state index contributed by atoms with van der Waals surface area (Å²) in [7, 11) is 0. The molecule has 0 atom stereocenters. The molecule has 0 aliphatic carbocycles. The molecule has 0 N–H and O–H groups in total. The number of allylic oxidation sites excluding steroid dienone is 1. The van der Waals surface area contributed by atoms with Crippen LogP contribution in [0.1, 0.15) is 27.0 Å². The fraction of sp³-hybridized carbons (Fsp3) is 0.0588. The minimum absolute atomic E-state index is 0.0969. The first-order valence-corrected chi connectivity index (χ1v) is 5.99. The lowest BCUT2D eigenvalue weighted by atomic mass is 10.0. The normalized spacial score (nSPS) is 10.3. The molecule has 0 unspecified atom stereocenters. The largest absolute Gasteiger partial charge is 0.289 e. The lowest BCUT2D eigenvalue weighted by molar-refractivity contribution is 0.104. The Kier molecular flexibility index (Phi) is 3.90. The zero-order valence-corrected chi connectivity index (χ0v) is 10.6. The molecular formula is C17H13NO. The van der Waals surface area contributed by atoms with E-state index < -0.39 is 0 Å². The number of aryl methyl sites for hydroxylation is 1. The van der Waals surface area contributed by atoms with Crippen LogP contribution in [-0.4, -0.2) is 5.78 Å². The van der Waals surface area contributed by atoms with Crippen molar-refractivity contribution < 1.29 is 4.79 Å². The molecule has 0 heterocycles. The van der Waals surface area contributed by atoms with E-state index in [0.29, 0.717) is 11.1 Å². The first-order valence-electron chi connectivity index (χ1n) is 5.99. The summed E-state index contributed by atoms with van der Waals surface area (Å²) in [6.45, 7) is 2.00. The average Bonchev–Trinajstić information content (AvgIpc) is 2.46. The van der Waals surface area contributed by atoms with Gasteiger partial charge in [-0.15, -0.1) is 0 Å². The van der Waals surface area contributed by atoms with E-state index in [0.717, 1.165) is 11.1 Å². The predicted molar refractivity (Wildman–Crippen MR) is 75.7 cm³/mol. The molecule has 0 spiro atoms. The Hall–Kier alpha value is -2.66. The van der Waals surface area contributed by atoms with Crippen LogP contribution < -0.4 is 0 Å². The summed E-state index contributed by atoms with van der Waals surface area (Å²) in [6.07, 6.45) is 3.34. The third-order valence-corrected chi connectivity index (χ3v) is 2.88. The van der Waals surface area contributed by atoms with E-state index in [1.54, 1.807) is 36.4 Å². The number of benzene rings is 2. The van der Waals surface area contributed by atoms with Gasteiger partial charge in [0.05, 0.1) is 11.6 Å². The Balaban J connectivity index is 2.22. The second-order valence-corrected chi connectivity index (χ2v) is 4.25. The van der Waals surface area contributed by atoms with Crippen LogP contribution in [0.4, 0.5) is 0 Å². The van der Waals surface area contributed by atoms with Gasteiger partial charge in [-0.3, -0.25) is 4.79 Å². The van der Waals surface area contributed by atoms with Crippen LogP contribution >= 0.6 is 0 Å². The van der Waals surface area contributed by atoms with Gasteiger partial charge in [-0.1, -0.05) is 42.5 Å². The van der Waals surface area contributed by atoms with Crippen molar-refractivity contribution in [3.8, 4) is 6.07 Å². The first kappa shape index (κ1) is 12.8. The van der Waals surface area contributed by atoms with Gasteiger partial charge < -0.3 is 0 Å². The van der Waals surface area contributed by atoms with Gasteiger partial charge in [-0.25, -0.2) is 0 Å². The number of nitriles is 1. The summed E-state index contributed by atoms with van der Waals surface area (Å²) in [6, 6.07) is 16.6. The van der Waals surface area contributed by atoms with Crippen molar-refractivity contribution in [1.82, 2.24) is 0 Å². The van der Waals surface area contributed by atoms with Crippen molar-refractivity contribution >= 4 is 11.9 Å². The van der Waals surface area contributed by atoms with Gasteiger partial charge in [-0.05, 0) is 36.3 Å². The lowest BCUT2D eigenvalue weighted by Crippen LogP contribution is -1.94. The van der Waals surface area contributed by atoms with Crippen LogP contribution in [0.2, 0.25) is 0 Å². The maximum absolute atomic E-state index is 12.0. The zero-order valence-electron chi connectivity index (χ0n) is 10.6. The van der Waals surface area contributed by atoms with E-state index in [-0.39, 0.29) is 5.78 Å². The first-order chi connectivity index (χ1) is 9.20. The molecule has 0 saturated carbocycles. The Morgan fingerprint density at radius 1 is 1.16 bits per heavy atom. The molecule has 0 amide bonds. The molecule has 0 fully saturated rings. The zero-order chi connectivity index (χ0) is 13.7. The number of carbonyl (C=O) groups excluding carboxylic acids is 1. The van der Waals surface area contributed by atoms with Gasteiger partial charge in [0.15, 0.2) is 5.78 Å². The predicted octanol–water partition coefficient (Wildman–Crippen LogP) is 3.76. The number of ketones is 1. The van der Waals surface area contributed by atoms with Crippen LogP contribution in [0.15, 0.2) is 54.6 Å². The third kappa shape index (κ3) is 3.17. The number of carbonyl (C=O) groups is 1. The van der Waals surface area contributed by atoms with Crippen molar-refractivity contribution in [3.05, 3.63) is 76.9 Å². The Morgan fingerprint density at radius 3 is 2.68 bits per heavy atom. The molecular weight excluding hydrogens is 234 g/mol. The van der Waals surface area contributed by atoms with Gasteiger partial charge in [-0.2, -0.15) is 5.26 Å². The fourth-order valence-electron chi connectivity index (χ4n) is 1.78. The van der Waals surface area contributed by atoms with E-state index in [9.17, 15) is 4.79 Å². The number of nitrogens with zero attached hydrogens (tertiary/aromatic N) is 1. The minimum atomic E-state index is -0.0969. The fourth-order valence-corrected chi connectivity index (χ4v) is 1.78. The molecule has 2 nitrogen and oxygen atoms in total. The average molecular weight is 247 g/mol. The van der Waals surface area contributed by atoms with Crippen LogP contribution in [0.3, 0.4) is 0 Å². The quantitative estimate of drug-likeness (QED) is 0.612. The SMILES string of the molecule is Cc1ccccc1/C=C/C(=O)c1cccc(C#N)c1. The van der Waals surface area contributed by atoms with Gasteiger partial charge in [0.2, 0.25) is 0 Å². The van der Waals surface area contributed by atoms with Crippen LogP contribution in [-0.2, 0) is 0 Å². The van der Waals surface area contributed by atoms with Gasteiger partial charge in [0.1, 0.15) is 0 Å². The standard InChI is InChI=1S/C17H13NO/c1-13-5-2-3-7-15(13)9-10-17(19)16-8-4-6-14(11-16)12-18/h2-11H,1H3/b10-9+. The summed E-state index contributed by atoms with van der Waals surface area (Å²) in [5, 5.41) is 8.81. The summed E-state index contributed by atoms with van der Waals surface area (Å²) in [5.74, 6) is -0.0969. The molecule has 19 heavy (non-hydrogen) atoms. The number of hydrogen-bond donors (Lipinski definition) is 0. The van der Waals surface area contributed by atoms with Gasteiger partial charge >= 0.3 is 0 Å². The molecule has 2 aromatic carbocycles. The highest BCUT2D eigenvalue weighted by atomic mass is 16.1. The maximum Gasteiger partial charge on any atom is 0.185 e. The maximum atomic E-state index is 12.0. The Labute approximate surface area is 112 Å². The summed E-state index contributed by atoms with van der Waals surface area (Å²) >= 11 is 0. The highest BCUT2D eigenvalue weighted by molar-refractivity contribution is 6.07. The second-order valence-electron chi connectivity index (χ2n) is 4.25. The van der Waals surface area contributed by atoms with Crippen molar-refractivity contribution in [3.63, 3.8) is 0 Å². The van der Waals surface area contributed by atoms with Crippen molar-refractivity contribution in [2.45, 2.75) is 6.92 Å². The molecule has 2 aromatic rings. The van der Waals surface area contributed by atoms with Crippen LogP contribution in [0.5, 0.6) is 0 Å². The summed E-state index contributed by atoms with van der Waals surface area (Å²) in [5.41, 5.74) is 3.17. The third-order valence-electron chi connectivity index (χ3n) is 2.88. The molecule has 0 bridgehead atoms. The molecule has 0 aromatic heterocycles. The molecule has 0 radical (unpaired) electrons. The van der Waals surface area contributed by atoms with Crippen molar-refractivity contribution in [2.75, 3.05) is 0 Å². The highest BCUT2D eigenvalue weighted by Crippen LogP contribution is 2.11. The van der Waals surface area contributed by atoms with E-state index in [4.69, 9.17) is 5.26 Å². The van der Waals surface area contributed by atoms with E-state index in [2.05, 4.69) is 0 Å². The van der Waals surface area contributed by atoms with Crippen LogP contribution in [0.25, 0.3) is 6.08 Å². The molecule has 2 heteroatoms. The molecule has 0 aliphatic heterocycles. The van der Waals surface area contributed by atoms with E-state index in [1.165, 1.54) is 0 Å². The topological polar surface area (TPSA) is 40.9 Å². The second kappa shape index (κ2) is 5.79. The molecule has 0 saturated heterocycles. The summed E-state index contributed by atoms with van der Waals surface area (Å²) in [4.78, 5) is 12.0. The number of rotatable bonds is 3. The molecule has 0 aliphatic rings. The van der Waals surface area contributed by atoms with E-state index >= 15 is 0 Å². The van der Waals surface area contributed by atoms with E-state index in [1.807, 2.05) is 37.3 Å². The van der Waals surface area contributed by atoms with Crippen LogP contribution in [0, 0.1) is 18.3 Å². The molecule has 2 rings (SSSR count). The monoisotopic (exact) mass is 247 g/mol. The lowest BCUT2D eigenvalue weighted by Gasteiger charge is -1.99. The Bertz CT molecular complexity index is 678. The Morgan fingerprint density at radius 2 is 1.95 bits per heavy atom.